The first-order valence-corrected chi connectivity index (χ1v) is 29.2. The fourth-order valence-electron chi connectivity index (χ4n) is 11.4. The van der Waals surface area contributed by atoms with Gasteiger partial charge in [0.2, 0.25) is 0 Å². The van der Waals surface area contributed by atoms with Crippen LogP contribution in [0.25, 0.3) is 66.8 Å². The number of nitrogens with zero attached hydrogens (tertiary/aromatic N) is 4. The van der Waals surface area contributed by atoms with Crippen LogP contribution in [0.4, 0.5) is 0 Å². The molecule has 0 N–H and O–H groups in total. The van der Waals surface area contributed by atoms with E-state index < -0.39 is 52.7 Å². The maximum Gasteiger partial charge on any atom is 0.179 e. The van der Waals surface area contributed by atoms with Crippen molar-refractivity contribution >= 4 is 79.4 Å². The van der Waals surface area contributed by atoms with Crippen LogP contribution < -0.4 is 41.5 Å². The fourth-order valence-corrected chi connectivity index (χ4v) is 21.0. The van der Waals surface area contributed by atoms with Gasteiger partial charge < -0.3 is 0 Å². The van der Waals surface area contributed by atoms with E-state index in [2.05, 4.69) is 192 Å². The molecule has 4 aromatic heterocycles. The number of benzene rings is 9. The first-order valence-electron chi connectivity index (χ1n) is 29.2. The molecule has 0 bridgehead atoms. The summed E-state index contributed by atoms with van der Waals surface area (Å²) >= 11 is 0. The Balaban J connectivity index is 1.14. The van der Waals surface area contributed by atoms with Gasteiger partial charge in [0.15, 0.2) is 16.1 Å². The first-order chi connectivity index (χ1) is 41.0. The average molecular weight is 1010 g/mol. The summed E-state index contributed by atoms with van der Waals surface area (Å²) in [5, 5.41) is 10.7. The van der Waals surface area contributed by atoms with Gasteiger partial charge in [-0.25, -0.2) is 9.97 Å². The topological polar surface area (TPSA) is 51.6 Å². The zero-order valence-corrected chi connectivity index (χ0v) is 43.0. The average Bonchev–Trinajstić information content (AvgIpc) is 2.49. The van der Waals surface area contributed by atoms with Gasteiger partial charge in [-0.2, -0.15) is 0 Å². The van der Waals surface area contributed by atoms with Crippen molar-refractivity contribution in [1.29, 1.82) is 0 Å². The van der Waals surface area contributed by atoms with E-state index >= 15 is 0 Å². The molecule has 0 saturated carbocycles. The van der Waals surface area contributed by atoms with Crippen LogP contribution in [0.15, 0.2) is 303 Å². The molecule has 0 aliphatic rings. The van der Waals surface area contributed by atoms with E-state index in [1.54, 1.807) is 0 Å². The highest BCUT2D eigenvalue weighted by molar-refractivity contribution is 7.20. The van der Waals surface area contributed by atoms with Crippen molar-refractivity contribution in [1.82, 2.24) is 19.9 Å². The molecule has 358 valence electrons. The molecule has 13 rings (SSSR count). The number of aromatic nitrogens is 4. The van der Waals surface area contributed by atoms with Gasteiger partial charge in [0.25, 0.3) is 0 Å². The third-order valence-electron chi connectivity index (χ3n) is 14.6. The maximum absolute atomic E-state index is 9.27. The largest absolute Gasteiger partial charge is 0.255 e. The molecule has 0 unspecified atom stereocenters. The summed E-state index contributed by atoms with van der Waals surface area (Å²) in [6.07, 6.45) is -0.932. The van der Waals surface area contributed by atoms with Gasteiger partial charge in [0, 0.05) is 23.1 Å². The third-order valence-corrected chi connectivity index (χ3v) is 24.2. The Hall–Kier alpha value is -9.47. The second-order valence-electron chi connectivity index (χ2n) is 18.7. The van der Waals surface area contributed by atoms with Crippen molar-refractivity contribution in [2.45, 2.75) is 0 Å². The number of hydrogen-bond donors (Lipinski definition) is 0. The van der Waals surface area contributed by atoms with Crippen molar-refractivity contribution in [3.8, 4) is 45.0 Å². The van der Waals surface area contributed by atoms with Gasteiger partial charge in [0.05, 0.1) is 44.8 Å². The fraction of sp³-hybridized carbons (Fsp3) is 0. The highest BCUT2D eigenvalue weighted by Gasteiger charge is 2.43. The molecule has 4 nitrogen and oxygen atoms in total. The molecule has 4 heterocycles. The summed E-state index contributed by atoms with van der Waals surface area (Å²) in [5.74, 6) is 0. The normalized spacial score (nSPS) is 13.2. The molecule has 13 aromatic rings. The van der Waals surface area contributed by atoms with Crippen LogP contribution >= 0.6 is 0 Å². The molecule has 0 radical (unpaired) electrons. The molecule has 76 heavy (non-hydrogen) atoms. The molecule has 9 aromatic carbocycles. The lowest BCUT2D eigenvalue weighted by Gasteiger charge is -2.34. The van der Waals surface area contributed by atoms with Gasteiger partial charge in [-0.15, -0.1) is 0 Å². The van der Waals surface area contributed by atoms with E-state index in [1.165, 1.54) is 31.1 Å². The van der Waals surface area contributed by atoms with Gasteiger partial charge in [-0.05, 0) is 100 Å². The van der Waals surface area contributed by atoms with Gasteiger partial charge in [-0.1, -0.05) is 255 Å². The quantitative estimate of drug-likeness (QED) is 0.0695. The van der Waals surface area contributed by atoms with E-state index in [1.807, 2.05) is 72.8 Å². The molecule has 0 fully saturated rings. The SMILES string of the molecule is [2H]c1nc(-c2cc(-c3cccc([Si](c4ccccc4)(c4ccccc4)c4ccccc4)c3)c3ccc4c(-c5cccc([Si](c6ccccc6)(c6ccccc6)c6ccccc6)c5)cc(-c5nc([2H])c([2H])c([2H])c5[2H])nc4c3n2)c([2H])c([2H])c1[2H]. The number of hydrogen-bond acceptors (Lipinski definition) is 4. The summed E-state index contributed by atoms with van der Waals surface area (Å²) in [6, 6.07) is 86.2. The zero-order valence-electron chi connectivity index (χ0n) is 49.0. The molecular weight excluding hydrogens is 953 g/mol. The number of fused-ring (bicyclic) bond motifs is 3. The van der Waals surface area contributed by atoms with Gasteiger partial charge in [0.1, 0.15) is 0 Å². The van der Waals surface area contributed by atoms with Crippen molar-refractivity contribution in [2.24, 2.45) is 0 Å². The van der Waals surface area contributed by atoms with E-state index in [0.29, 0.717) is 32.9 Å². The van der Waals surface area contributed by atoms with E-state index in [-0.39, 0.29) is 34.9 Å². The lowest BCUT2D eigenvalue weighted by Crippen LogP contribution is -2.74. The standard InChI is InChI=1S/C70H50N4Si2/c1-7-27-53(28-8-1)75(54-29-9-2-10-30-54,55-31-11-3-12-32-55)59-39-23-25-51(47-59)63-49-67(65-41-19-21-45-71-65)73-69-61(63)43-44-62-64(50-68(74-70(62)69)66-42-20-22-46-72-66)52-26-24-40-60(48-52)76(56-33-13-4-14-34-56,57-35-15-5-16-36-57)58-37-17-6-18-38-58/h1-50H/i19D,20D,21D,22D,41D,42D,45D,46D. The van der Waals surface area contributed by atoms with Crippen molar-refractivity contribution in [2.75, 3.05) is 0 Å². The van der Waals surface area contributed by atoms with E-state index in [4.69, 9.17) is 18.2 Å². The maximum atomic E-state index is 9.27. The lowest BCUT2D eigenvalue weighted by atomic mass is 9.94. The zero-order chi connectivity index (χ0) is 57.7. The first kappa shape index (κ1) is 38.2. The van der Waals surface area contributed by atoms with Gasteiger partial charge in [-0.3, -0.25) is 9.97 Å². The minimum atomic E-state index is -3.08. The second kappa shape index (κ2) is 20.1. The van der Waals surface area contributed by atoms with Crippen molar-refractivity contribution in [3.05, 3.63) is 303 Å². The molecule has 0 amide bonds. The Bertz CT molecular complexity index is 4160. The van der Waals surface area contributed by atoms with Crippen LogP contribution in [0.5, 0.6) is 0 Å². The predicted octanol–water partition coefficient (Wildman–Crippen LogP) is 11.0. The lowest BCUT2D eigenvalue weighted by molar-refractivity contribution is 1.26. The van der Waals surface area contributed by atoms with E-state index in [0.717, 1.165) is 21.5 Å². The minimum Gasteiger partial charge on any atom is -0.255 e. The smallest absolute Gasteiger partial charge is 0.179 e. The third kappa shape index (κ3) is 8.08. The van der Waals surface area contributed by atoms with Crippen molar-refractivity contribution in [3.63, 3.8) is 0 Å². The highest BCUT2D eigenvalue weighted by Crippen LogP contribution is 2.39. The van der Waals surface area contributed by atoms with Crippen LogP contribution in [0, 0.1) is 0 Å². The Morgan fingerprint density at radius 1 is 0.276 bits per heavy atom. The Morgan fingerprint density at radius 3 is 0.895 bits per heavy atom. The summed E-state index contributed by atoms with van der Waals surface area (Å²) in [7, 11) is -6.16. The van der Waals surface area contributed by atoms with Crippen LogP contribution in [0.3, 0.4) is 0 Å². The molecule has 0 aliphatic carbocycles. The summed E-state index contributed by atoms with van der Waals surface area (Å²) in [5.41, 5.74) is 4.03. The summed E-state index contributed by atoms with van der Waals surface area (Å²) in [6.45, 7) is 0. The van der Waals surface area contributed by atoms with Gasteiger partial charge >= 0.3 is 0 Å². The van der Waals surface area contributed by atoms with E-state index in [9.17, 15) is 2.74 Å². The Morgan fingerprint density at radius 2 is 0.579 bits per heavy atom. The highest BCUT2D eigenvalue weighted by atomic mass is 28.3. The second-order valence-corrected chi connectivity index (χ2v) is 26.3. The van der Waals surface area contributed by atoms with Crippen LogP contribution in [-0.4, -0.2) is 36.1 Å². The van der Waals surface area contributed by atoms with Crippen LogP contribution in [0.2, 0.25) is 0 Å². The molecular formula is C70H50N4Si2. The summed E-state index contributed by atoms with van der Waals surface area (Å²) in [4.78, 5) is 19.6. The van der Waals surface area contributed by atoms with Crippen LogP contribution in [-0.2, 0) is 0 Å². The monoisotopic (exact) mass is 1010 g/mol. The van der Waals surface area contributed by atoms with Crippen molar-refractivity contribution < 1.29 is 11.0 Å². The Labute approximate surface area is 456 Å². The molecule has 0 spiro atoms. The molecule has 6 heteroatoms. The molecule has 0 aliphatic heterocycles. The summed E-state index contributed by atoms with van der Waals surface area (Å²) < 4.78 is 70.7. The number of rotatable bonds is 12. The molecule has 0 saturated heterocycles. The molecule has 0 atom stereocenters. The minimum absolute atomic E-state index is 0.0501. The predicted molar refractivity (Wildman–Crippen MR) is 322 cm³/mol. The number of pyridine rings is 4. The Kier molecular flexibility index (Phi) is 10.1. The van der Waals surface area contributed by atoms with Crippen LogP contribution in [0.1, 0.15) is 11.0 Å².